The fourth-order valence-electron chi connectivity index (χ4n) is 6.77. The summed E-state index contributed by atoms with van der Waals surface area (Å²) in [6.07, 6.45) is -1.07. The van der Waals surface area contributed by atoms with Crippen molar-refractivity contribution in [1.29, 1.82) is 0 Å². The van der Waals surface area contributed by atoms with E-state index in [1.165, 1.54) is 11.8 Å². The zero-order valence-electron chi connectivity index (χ0n) is 28.3. The van der Waals surface area contributed by atoms with Gasteiger partial charge in [0, 0.05) is 11.7 Å². The van der Waals surface area contributed by atoms with Crippen molar-refractivity contribution in [1.82, 2.24) is 5.32 Å². The van der Waals surface area contributed by atoms with Crippen LogP contribution in [0.2, 0.25) is 0 Å². The Labute approximate surface area is 311 Å². The number of amides is 1. The van der Waals surface area contributed by atoms with E-state index < -0.39 is 57.7 Å². The minimum atomic E-state index is -2.41. The standard InChI is InChI=1S/C43H30F5NO4S/c44-35-36(45)38(47)40(39(48)37(35)46)53-41(50)34(49-42(51)52-24-33-31-22-12-10-20-29(31)30-21-11-13-23-32(30)33)25-54-43(26-14-4-1-5-15-26,27-16-6-2-7-17-27)28-18-8-3-9-19-28/h1-23,33-34H,24-25H2,(H,49,51)/t34-/m1/s1. The summed E-state index contributed by atoms with van der Waals surface area (Å²) in [6, 6.07) is 41.6. The first kappa shape index (κ1) is 36.4. The van der Waals surface area contributed by atoms with Gasteiger partial charge in [-0.05, 0) is 38.9 Å². The molecule has 0 fully saturated rings. The molecule has 0 radical (unpaired) electrons. The third-order valence-corrected chi connectivity index (χ3v) is 10.9. The molecule has 6 aromatic rings. The molecule has 1 atom stereocenters. The lowest BCUT2D eigenvalue weighted by atomic mass is 9.84. The molecule has 1 aliphatic rings. The Morgan fingerprint density at radius 1 is 0.593 bits per heavy atom. The number of thioether (sulfide) groups is 1. The molecule has 1 N–H and O–H groups in total. The van der Waals surface area contributed by atoms with Crippen molar-refractivity contribution in [2.75, 3.05) is 12.4 Å². The van der Waals surface area contributed by atoms with E-state index in [4.69, 9.17) is 9.47 Å². The monoisotopic (exact) mass is 751 g/mol. The number of fused-ring (bicyclic) bond motifs is 3. The summed E-state index contributed by atoms with van der Waals surface area (Å²) in [7, 11) is 0. The zero-order valence-corrected chi connectivity index (χ0v) is 29.1. The predicted molar refractivity (Wildman–Crippen MR) is 196 cm³/mol. The average molecular weight is 752 g/mol. The number of carbonyl (C=O) groups excluding carboxylic acids is 2. The van der Waals surface area contributed by atoms with E-state index in [2.05, 4.69) is 5.32 Å². The van der Waals surface area contributed by atoms with E-state index in [0.717, 1.165) is 38.9 Å². The van der Waals surface area contributed by atoms with Crippen molar-refractivity contribution < 1.29 is 41.0 Å². The van der Waals surface area contributed by atoms with Crippen molar-refractivity contribution in [3.05, 3.63) is 196 Å². The lowest BCUT2D eigenvalue weighted by Crippen LogP contribution is -2.46. The summed E-state index contributed by atoms with van der Waals surface area (Å²) in [5.74, 6) is -15.6. The molecule has 5 nitrogen and oxygen atoms in total. The Balaban J connectivity index is 1.23. The van der Waals surface area contributed by atoms with Crippen LogP contribution in [0.5, 0.6) is 5.75 Å². The van der Waals surface area contributed by atoms with Crippen LogP contribution in [0.15, 0.2) is 140 Å². The highest BCUT2D eigenvalue weighted by molar-refractivity contribution is 8.00. The number of hydrogen-bond acceptors (Lipinski definition) is 5. The fraction of sp³-hybridized carbons (Fsp3) is 0.116. The van der Waals surface area contributed by atoms with Gasteiger partial charge in [0.2, 0.25) is 34.8 Å². The third-order valence-electron chi connectivity index (χ3n) is 9.30. The van der Waals surface area contributed by atoms with Crippen molar-refractivity contribution in [2.45, 2.75) is 16.7 Å². The zero-order chi connectivity index (χ0) is 37.8. The molecule has 11 heteroatoms. The minimum absolute atomic E-state index is 0.131. The lowest BCUT2D eigenvalue weighted by molar-refractivity contribution is -0.136. The maximum Gasteiger partial charge on any atom is 0.407 e. The molecule has 0 aliphatic heterocycles. The Morgan fingerprint density at radius 2 is 1.00 bits per heavy atom. The van der Waals surface area contributed by atoms with Gasteiger partial charge in [0.05, 0.1) is 4.75 Å². The first-order chi connectivity index (χ1) is 26.2. The first-order valence-corrected chi connectivity index (χ1v) is 17.8. The van der Waals surface area contributed by atoms with Crippen molar-refractivity contribution in [2.24, 2.45) is 0 Å². The molecule has 0 saturated heterocycles. The number of rotatable bonds is 11. The summed E-state index contributed by atoms with van der Waals surface area (Å²) < 4.78 is 81.2. The van der Waals surface area contributed by atoms with Gasteiger partial charge in [-0.1, -0.05) is 140 Å². The van der Waals surface area contributed by atoms with Crippen molar-refractivity contribution in [3.8, 4) is 16.9 Å². The smallest absolute Gasteiger partial charge is 0.407 e. The Morgan fingerprint density at radius 3 is 1.46 bits per heavy atom. The summed E-state index contributed by atoms with van der Waals surface area (Å²) >= 11 is 1.19. The molecule has 6 aromatic carbocycles. The number of esters is 1. The maximum absolute atomic E-state index is 14.7. The Kier molecular flexibility index (Phi) is 10.5. The van der Waals surface area contributed by atoms with Crippen LogP contribution in [-0.2, 0) is 14.3 Å². The lowest BCUT2D eigenvalue weighted by Gasteiger charge is -2.36. The molecular weight excluding hydrogens is 722 g/mol. The molecule has 0 aromatic heterocycles. The second kappa shape index (κ2) is 15.6. The van der Waals surface area contributed by atoms with Gasteiger partial charge in [-0.3, -0.25) is 0 Å². The number of ether oxygens (including phenoxy) is 2. The quantitative estimate of drug-likeness (QED) is 0.0357. The molecule has 0 saturated carbocycles. The van der Waals surface area contributed by atoms with Crippen LogP contribution in [0, 0.1) is 29.1 Å². The van der Waals surface area contributed by atoms with Gasteiger partial charge in [-0.25, -0.2) is 22.8 Å². The second-order valence-corrected chi connectivity index (χ2v) is 13.7. The van der Waals surface area contributed by atoms with Gasteiger partial charge < -0.3 is 14.8 Å². The van der Waals surface area contributed by atoms with Crippen molar-refractivity contribution in [3.63, 3.8) is 0 Å². The molecule has 272 valence electrons. The second-order valence-electron chi connectivity index (χ2n) is 12.4. The largest absolute Gasteiger partial charge is 0.449 e. The van der Waals surface area contributed by atoms with Gasteiger partial charge in [-0.2, -0.15) is 8.78 Å². The van der Waals surface area contributed by atoms with Gasteiger partial charge in [-0.15, -0.1) is 11.8 Å². The summed E-state index contributed by atoms with van der Waals surface area (Å²) in [6.45, 7) is -0.131. The third kappa shape index (κ3) is 6.82. The van der Waals surface area contributed by atoms with Crippen LogP contribution < -0.4 is 10.1 Å². The summed E-state index contributed by atoms with van der Waals surface area (Å²) in [4.78, 5) is 27.3. The van der Waals surface area contributed by atoms with E-state index in [1.54, 1.807) is 0 Å². The fourth-order valence-corrected chi connectivity index (χ4v) is 8.32. The van der Waals surface area contributed by atoms with Gasteiger partial charge in [0.15, 0.2) is 0 Å². The van der Waals surface area contributed by atoms with Crippen LogP contribution in [0.1, 0.15) is 33.7 Å². The van der Waals surface area contributed by atoms with E-state index in [9.17, 15) is 31.5 Å². The van der Waals surface area contributed by atoms with E-state index >= 15 is 0 Å². The van der Waals surface area contributed by atoms with Gasteiger partial charge >= 0.3 is 12.1 Å². The number of hydrogen-bond donors (Lipinski definition) is 1. The molecule has 7 rings (SSSR count). The Hall–Kier alpha value is -5.94. The number of nitrogens with one attached hydrogen (secondary N) is 1. The average Bonchev–Trinajstić information content (AvgIpc) is 3.54. The van der Waals surface area contributed by atoms with Gasteiger partial charge in [0.1, 0.15) is 12.6 Å². The highest BCUT2D eigenvalue weighted by Crippen LogP contribution is 2.49. The molecule has 0 unspecified atom stereocenters. The first-order valence-electron chi connectivity index (χ1n) is 16.9. The van der Waals surface area contributed by atoms with E-state index in [0.29, 0.717) is 0 Å². The van der Waals surface area contributed by atoms with E-state index in [1.807, 2.05) is 140 Å². The SMILES string of the molecule is O=C(N[C@H](CSC(c1ccccc1)(c1ccccc1)c1ccccc1)C(=O)Oc1c(F)c(F)c(F)c(F)c1F)OCC1c2ccccc2-c2ccccc21. The molecule has 54 heavy (non-hydrogen) atoms. The molecule has 1 amide bonds. The van der Waals surface area contributed by atoms with Crippen LogP contribution in [0.3, 0.4) is 0 Å². The number of benzene rings is 6. The van der Waals surface area contributed by atoms with Gasteiger partial charge in [0.25, 0.3) is 0 Å². The topological polar surface area (TPSA) is 64.6 Å². The van der Waals surface area contributed by atoms with Crippen LogP contribution in [-0.4, -0.2) is 30.5 Å². The molecule has 0 heterocycles. The predicted octanol–water partition coefficient (Wildman–Crippen LogP) is 9.92. The molecule has 1 aliphatic carbocycles. The van der Waals surface area contributed by atoms with Crippen LogP contribution >= 0.6 is 11.8 Å². The summed E-state index contributed by atoms with van der Waals surface area (Å²) in [5.41, 5.74) is 6.22. The molecule has 0 bridgehead atoms. The minimum Gasteiger partial charge on any atom is -0.449 e. The normalized spacial score (nSPS) is 12.8. The molecule has 0 spiro atoms. The molecular formula is C43H30F5NO4S. The highest BCUT2D eigenvalue weighted by atomic mass is 32.2. The van der Waals surface area contributed by atoms with E-state index in [-0.39, 0.29) is 18.3 Å². The summed E-state index contributed by atoms with van der Waals surface area (Å²) in [5, 5.41) is 2.45. The van der Waals surface area contributed by atoms with Crippen LogP contribution in [0.25, 0.3) is 11.1 Å². The number of alkyl carbamates (subject to hydrolysis) is 1. The highest BCUT2D eigenvalue weighted by Gasteiger charge is 2.40. The van der Waals surface area contributed by atoms with Crippen molar-refractivity contribution >= 4 is 23.8 Å². The maximum atomic E-state index is 14.7. The number of halogens is 5. The Bertz CT molecular complexity index is 2140. The van der Waals surface area contributed by atoms with Crippen LogP contribution in [0.4, 0.5) is 26.7 Å². The number of carbonyl (C=O) groups is 2.